The summed E-state index contributed by atoms with van der Waals surface area (Å²) in [5.74, 6) is 0.600. The molecule has 8 nitrogen and oxygen atoms in total. The first-order valence-electron chi connectivity index (χ1n) is 10.7. The van der Waals surface area contributed by atoms with E-state index in [1.165, 1.54) is 0 Å². The van der Waals surface area contributed by atoms with Crippen molar-refractivity contribution in [1.82, 2.24) is 15.2 Å². The Morgan fingerprint density at radius 2 is 1.68 bits per heavy atom. The van der Waals surface area contributed by atoms with Gasteiger partial charge in [0.1, 0.15) is 0 Å². The van der Waals surface area contributed by atoms with Gasteiger partial charge in [0.2, 0.25) is 0 Å². The number of rotatable bonds is 7. The van der Waals surface area contributed by atoms with Crippen molar-refractivity contribution in [1.29, 1.82) is 0 Å². The summed E-state index contributed by atoms with van der Waals surface area (Å²) in [6.45, 7) is 8.60. The molecule has 0 unspecified atom stereocenters. The van der Waals surface area contributed by atoms with Gasteiger partial charge in [0.05, 0.1) is 11.8 Å². The monoisotopic (exact) mass is 425 g/mol. The zero-order chi connectivity index (χ0) is 22.4. The van der Waals surface area contributed by atoms with Gasteiger partial charge < -0.3 is 25.5 Å². The molecule has 1 aliphatic rings. The Morgan fingerprint density at radius 1 is 1.03 bits per heavy atom. The second-order valence-corrected chi connectivity index (χ2v) is 8.09. The molecule has 3 N–H and O–H groups in total. The number of hydrogen-bond acceptors (Lipinski definition) is 6. The first kappa shape index (κ1) is 22.6. The normalized spacial score (nSPS) is 15.0. The minimum atomic E-state index is -0.605. The first-order valence-corrected chi connectivity index (χ1v) is 10.7. The van der Waals surface area contributed by atoms with E-state index in [1.807, 2.05) is 17.0 Å². The fraction of sp³-hybridized carbons (Fsp3) is 0.435. The Hall–Kier alpha value is -3.13. The number of benzene rings is 1. The van der Waals surface area contributed by atoms with Gasteiger partial charge in [0.25, 0.3) is 11.8 Å². The van der Waals surface area contributed by atoms with Crippen LogP contribution < -0.4 is 15.5 Å². The number of carbonyl (C=O) groups is 2. The number of nitrogens with one attached hydrogen (secondary N) is 2. The Balaban J connectivity index is 1.59. The number of aliphatic hydroxyl groups is 1. The fourth-order valence-electron chi connectivity index (χ4n) is 3.48. The second kappa shape index (κ2) is 10.3. The van der Waals surface area contributed by atoms with Gasteiger partial charge in [-0.05, 0) is 57.2 Å². The number of hydrogen-bond donors (Lipinski definition) is 3. The van der Waals surface area contributed by atoms with Crippen LogP contribution in [0.1, 0.15) is 41.5 Å². The summed E-state index contributed by atoms with van der Waals surface area (Å²) in [7, 11) is 0. The van der Waals surface area contributed by atoms with Crippen LogP contribution in [-0.4, -0.2) is 71.7 Å². The molecule has 0 bridgehead atoms. The van der Waals surface area contributed by atoms with Crippen LogP contribution in [0.15, 0.2) is 42.6 Å². The van der Waals surface area contributed by atoms with Crippen molar-refractivity contribution in [2.24, 2.45) is 0 Å². The van der Waals surface area contributed by atoms with Gasteiger partial charge in [-0.15, -0.1) is 0 Å². The number of carbonyl (C=O) groups excluding carboxylic acids is 2. The summed E-state index contributed by atoms with van der Waals surface area (Å²) < 4.78 is 0. The molecule has 1 saturated heterocycles. The average Bonchev–Trinajstić information content (AvgIpc) is 2.77. The van der Waals surface area contributed by atoms with Crippen molar-refractivity contribution < 1.29 is 14.7 Å². The Kier molecular flexibility index (Phi) is 7.46. The molecule has 0 saturated carbocycles. The zero-order valence-corrected chi connectivity index (χ0v) is 18.3. The molecular formula is C23H31N5O3. The second-order valence-electron chi connectivity index (χ2n) is 8.09. The van der Waals surface area contributed by atoms with Gasteiger partial charge in [0.15, 0.2) is 5.82 Å². The molecule has 2 aromatic rings. The average molecular weight is 426 g/mol. The van der Waals surface area contributed by atoms with Crippen LogP contribution in [0.3, 0.4) is 0 Å². The number of anilines is 2. The number of piperazine rings is 1. The van der Waals surface area contributed by atoms with E-state index in [0.29, 0.717) is 43.3 Å². The third-order valence-corrected chi connectivity index (χ3v) is 5.05. The highest BCUT2D eigenvalue weighted by molar-refractivity contribution is 5.98. The van der Waals surface area contributed by atoms with Crippen LogP contribution in [0.4, 0.5) is 11.5 Å². The smallest absolute Gasteiger partial charge is 0.253 e. The highest BCUT2D eigenvalue weighted by Crippen LogP contribution is 2.25. The molecule has 0 spiro atoms. The summed E-state index contributed by atoms with van der Waals surface area (Å²) in [4.78, 5) is 33.5. The summed E-state index contributed by atoms with van der Waals surface area (Å²) >= 11 is 0. The molecule has 2 amide bonds. The van der Waals surface area contributed by atoms with E-state index in [1.54, 1.807) is 37.4 Å². The highest BCUT2D eigenvalue weighted by Gasteiger charge is 2.24. The van der Waals surface area contributed by atoms with Gasteiger partial charge in [-0.3, -0.25) is 9.59 Å². The van der Waals surface area contributed by atoms with E-state index in [9.17, 15) is 14.7 Å². The predicted molar refractivity (Wildman–Crippen MR) is 122 cm³/mol. The van der Waals surface area contributed by atoms with Crippen molar-refractivity contribution >= 4 is 23.3 Å². The lowest BCUT2D eigenvalue weighted by molar-refractivity contribution is 0.0746. The van der Waals surface area contributed by atoms with E-state index in [0.717, 1.165) is 11.5 Å². The Labute approximate surface area is 183 Å². The quantitative estimate of drug-likeness (QED) is 0.628. The molecule has 1 fully saturated rings. The molecule has 0 aliphatic carbocycles. The SMILES string of the molecule is CC(C)Nc1cccnc1N1CCN(C(=O)c2ccc(C(=O)NC[C@H](C)O)cc2)CC1. The summed E-state index contributed by atoms with van der Waals surface area (Å²) in [6.07, 6.45) is 1.18. The van der Waals surface area contributed by atoms with Gasteiger partial charge in [0, 0.05) is 56.1 Å². The van der Waals surface area contributed by atoms with Gasteiger partial charge >= 0.3 is 0 Å². The van der Waals surface area contributed by atoms with Crippen LogP contribution in [-0.2, 0) is 0 Å². The van der Waals surface area contributed by atoms with Gasteiger partial charge in [-0.2, -0.15) is 0 Å². The topological polar surface area (TPSA) is 97.8 Å². The van der Waals surface area contributed by atoms with Crippen LogP contribution in [0, 0.1) is 0 Å². The summed E-state index contributed by atoms with van der Waals surface area (Å²) in [5.41, 5.74) is 2.02. The molecule has 31 heavy (non-hydrogen) atoms. The fourth-order valence-corrected chi connectivity index (χ4v) is 3.48. The number of pyridine rings is 1. The van der Waals surface area contributed by atoms with Crippen molar-refractivity contribution in [2.75, 3.05) is 42.9 Å². The maximum atomic E-state index is 12.9. The number of amides is 2. The minimum Gasteiger partial charge on any atom is -0.392 e. The molecule has 3 rings (SSSR count). The molecule has 1 aromatic carbocycles. The molecule has 166 valence electrons. The molecule has 1 aliphatic heterocycles. The van der Waals surface area contributed by atoms with Gasteiger partial charge in [-0.25, -0.2) is 4.98 Å². The first-order chi connectivity index (χ1) is 14.8. The van der Waals surface area contributed by atoms with E-state index in [-0.39, 0.29) is 18.4 Å². The maximum Gasteiger partial charge on any atom is 0.253 e. The third-order valence-electron chi connectivity index (χ3n) is 5.05. The molecular weight excluding hydrogens is 394 g/mol. The zero-order valence-electron chi connectivity index (χ0n) is 18.3. The Bertz CT molecular complexity index is 890. The summed E-state index contributed by atoms with van der Waals surface area (Å²) in [5, 5.41) is 15.4. The number of aliphatic hydroxyl groups excluding tert-OH is 1. The van der Waals surface area contributed by atoms with Crippen LogP contribution >= 0.6 is 0 Å². The lowest BCUT2D eigenvalue weighted by atomic mass is 10.1. The lowest BCUT2D eigenvalue weighted by Gasteiger charge is -2.36. The minimum absolute atomic E-state index is 0.0443. The lowest BCUT2D eigenvalue weighted by Crippen LogP contribution is -2.49. The predicted octanol–water partition coefficient (Wildman–Crippen LogP) is 1.97. The Morgan fingerprint density at radius 3 is 2.29 bits per heavy atom. The molecule has 2 heterocycles. The molecule has 0 radical (unpaired) electrons. The van der Waals surface area contributed by atoms with E-state index >= 15 is 0 Å². The van der Waals surface area contributed by atoms with Crippen molar-refractivity contribution in [3.05, 3.63) is 53.7 Å². The van der Waals surface area contributed by atoms with Crippen molar-refractivity contribution in [3.8, 4) is 0 Å². The molecule has 1 aromatic heterocycles. The number of aromatic nitrogens is 1. The van der Waals surface area contributed by atoms with Crippen LogP contribution in [0.5, 0.6) is 0 Å². The highest BCUT2D eigenvalue weighted by atomic mass is 16.3. The van der Waals surface area contributed by atoms with Crippen LogP contribution in [0.25, 0.3) is 0 Å². The van der Waals surface area contributed by atoms with E-state index in [2.05, 4.69) is 34.4 Å². The van der Waals surface area contributed by atoms with Crippen molar-refractivity contribution in [3.63, 3.8) is 0 Å². The maximum absolute atomic E-state index is 12.9. The third kappa shape index (κ3) is 5.95. The van der Waals surface area contributed by atoms with E-state index < -0.39 is 6.10 Å². The number of nitrogens with zero attached hydrogens (tertiary/aromatic N) is 3. The molecule has 1 atom stereocenters. The summed E-state index contributed by atoms with van der Waals surface area (Å²) in [6, 6.07) is 10.9. The van der Waals surface area contributed by atoms with Gasteiger partial charge in [-0.1, -0.05) is 0 Å². The van der Waals surface area contributed by atoms with Crippen LogP contribution in [0.2, 0.25) is 0 Å². The van der Waals surface area contributed by atoms with Crippen molar-refractivity contribution in [2.45, 2.75) is 32.9 Å². The largest absolute Gasteiger partial charge is 0.392 e. The molecule has 8 heteroatoms. The standard InChI is InChI=1S/C23H31N5O3/c1-16(2)26-20-5-4-10-24-21(20)27-11-13-28(14-12-27)23(31)19-8-6-18(7-9-19)22(30)25-15-17(3)29/h4-10,16-17,26,29H,11-15H2,1-3H3,(H,25,30)/t17-/m0/s1. The van der Waals surface area contributed by atoms with E-state index in [4.69, 9.17) is 0 Å².